The van der Waals surface area contributed by atoms with Crippen LogP contribution in [0.4, 0.5) is 0 Å². The number of hydrogen-bond donors (Lipinski definition) is 1. The number of aliphatic carboxylic acids is 1. The molecule has 1 aromatic rings. The van der Waals surface area contributed by atoms with Gasteiger partial charge in [-0.05, 0) is 25.1 Å². The molecule has 1 amide bonds. The molecule has 0 saturated carbocycles. The summed E-state index contributed by atoms with van der Waals surface area (Å²) in [5, 5.41) is 9.74. The van der Waals surface area contributed by atoms with E-state index in [4.69, 9.17) is 28.3 Å². The Hall–Kier alpha value is -0.910. The molecular weight excluding hydrogens is 321 g/mol. The third-order valence-electron chi connectivity index (χ3n) is 2.57. The van der Waals surface area contributed by atoms with Crippen LogP contribution in [0, 0.1) is 0 Å². The lowest BCUT2D eigenvalue weighted by molar-refractivity contribution is -0.138. The van der Waals surface area contributed by atoms with E-state index in [0.29, 0.717) is 16.6 Å². The molecule has 1 aromatic carbocycles. The highest BCUT2D eigenvalue weighted by Gasteiger charge is 2.14. The van der Waals surface area contributed by atoms with Crippen LogP contribution in [0.5, 0.6) is 0 Å². The highest BCUT2D eigenvalue weighted by Crippen LogP contribution is 2.29. The second-order valence-corrected chi connectivity index (χ2v) is 5.84. The molecule has 0 heterocycles. The van der Waals surface area contributed by atoms with Crippen LogP contribution in [0.25, 0.3) is 0 Å². The van der Waals surface area contributed by atoms with Crippen LogP contribution in [0.2, 0.25) is 10.0 Å². The number of carbonyl (C=O) groups is 2. The quantitative estimate of drug-likeness (QED) is 0.775. The summed E-state index contributed by atoms with van der Waals surface area (Å²) in [4.78, 5) is 24.8. The van der Waals surface area contributed by atoms with Gasteiger partial charge < -0.3 is 10.0 Å². The summed E-state index contributed by atoms with van der Waals surface area (Å²) in [6, 6.07) is 5.06. The van der Waals surface area contributed by atoms with Crippen LogP contribution in [0.1, 0.15) is 13.3 Å². The topological polar surface area (TPSA) is 57.6 Å². The van der Waals surface area contributed by atoms with Gasteiger partial charge in [0.05, 0.1) is 17.2 Å². The zero-order valence-corrected chi connectivity index (χ0v) is 13.3. The Kier molecular flexibility index (Phi) is 7.19. The molecule has 1 rings (SSSR count). The first-order valence-corrected chi connectivity index (χ1v) is 7.75. The SMILES string of the molecule is CCN(CCC(=O)O)C(=O)CSc1cc(Cl)ccc1Cl. The van der Waals surface area contributed by atoms with Crippen molar-refractivity contribution < 1.29 is 14.7 Å². The summed E-state index contributed by atoms with van der Waals surface area (Å²) in [6.45, 7) is 2.52. The Bertz CT molecular complexity index is 497. The van der Waals surface area contributed by atoms with Gasteiger partial charge in [-0.3, -0.25) is 9.59 Å². The van der Waals surface area contributed by atoms with Crippen molar-refractivity contribution in [1.82, 2.24) is 4.90 Å². The standard InChI is InChI=1S/C13H15Cl2NO3S/c1-2-16(6-5-13(18)19)12(17)8-20-11-7-9(14)3-4-10(11)15/h3-4,7H,2,5-6,8H2,1H3,(H,18,19). The number of carbonyl (C=O) groups excluding carboxylic acids is 1. The lowest BCUT2D eigenvalue weighted by atomic mass is 10.3. The molecule has 20 heavy (non-hydrogen) atoms. The van der Waals surface area contributed by atoms with Crippen molar-refractivity contribution in [3.8, 4) is 0 Å². The van der Waals surface area contributed by atoms with E-state index in [1.54, 1.807) is 18.2 Å². The maximum atomic E-state index is 12.0. The van der Waals surface area contributed by atoms with E-state index in [-0.39, 0.29) is 24.6 Å². The average Bonchev–Trinajstić information content (AvgIpc) is 2.40. The Labute approximate surface area is 132 Å². The number of halogens is 2. The van der Waals surface area contributed by atoms with Gasteiger partial charge in [0.2, 0.25) is 5.91 Å². The number of nitrogens with zero attached hydrogens (tertiary/aromatic N) is 1. The van der Waals surface area contributed by atoms with Gasteiger partial charge in [-0.2, -0.15) is 0 Å². The van der Waals surface area contributed by atoms with Crippen molar-refractivity contribution in [2.75, 3.05) is 18.8 Å². The highest BCUT2D eigenvalue weighted by atomic mass is 35.5. The Morgan fingerprint density at radius 3 is 2.65 bits per heavy atom. The number of thioether (sulfide) groups is 1. The molecule has 0 aliphatic rings. The first-order valence-electron chi connectivity index (χ1n) is 6.01. The van der Waals surface area contributed by atoms with E-state index >= 15 is 0 Å². The van der Waals surface area contributed by atoms with Crippen molar-refractivity contribution in [3.05, 3.63) is 28.2 Å². The van der Waals surface area contributed by atoms with Crippen molar-refractivity contribution in [1.29, 1.82) is 0 Å². The van der Waals surface area contributed by atoms with Crippen LogP contribution in [-0.4, -0.2) is 40.7 Å². The fourth-order valence-corrected chi connectivity index (χ4v) is 2.90. The van der Waals surface area contributed by atoms with Gasteiger partial charge >= 0.3 is 5.97 Å². The Morgan fingerprint density at radius 2 is 2.05 bits per heavy atom. The smallest absolute Gasteiger partial charge is 0.305 e. The second kappa shape index (κ2) is 8.39. The highest BCUT2D eigenvalue weighted by molar-refractivity contribution is 8.00. The molecule has 110 valence electrons. The van der Waals surface area contributed by atoms with E-state index in [2.05, 4.69) is 0 Å². The molecule has 0 radical (unpaired) electrons. The van der Waals surface area contributed by atoms with E-state index in [1.807, 2.05) is 6.92 Å². The molecule has 0 saturated heterocycles. The molecule has 0 atom stereocenters. The molecule has 0 spiro atoms. The second-order valence-electron chi connectivity index (χ2n) is 3.98. The minimum Gasteiger partial charge on any atom is -0.481 e. The number of carboxylic acid groups (broad SMARTS) is 1. The lowest BCUT2D eigenvalue weighted by Crippen LogP contribution is -2.34. The van der Waals surface area contributed by atoms with Gasteiger partial charge in [-0.15, -0.1) is 11.8 Å². The predicted octanol–water partition coefficient (Wildman–Crippen LogP) is 3.41. The van der Waals surface area contributed by atoms with Gasteiger partial charge in [0.15, 0.2) is 0 Å². The predicted molar refractivity (Wildman–Crippen MR) is 81.7 cm³/mol. The fraction of sp³-hybridized carbons (Fsp3) is 0.385. The third-order valence-corrected chi connectivity index (χ3v) is 4.29. The minimum absolute atomic E-state index is 0.0534. The molecule has 4 nitrogen and oxygen atoms in total. The van der Waals surface area contributed by atoms with Gasteiger partial charge in [0.1, 0.15) is 0 Å². The fourth-order valence-electron chi connectivity index (χ4n) is 1.51. The van der Waals surface area contributed by atoms with E-state index in [1.165, 1.54) is 16.7 Å². The number of amides is 1. The van der Waals surface area contributed by atoms with E-state index in [9.17, 15) is 9.59 Å². The molecule has 0 aliphatic heterocycles. The molecule has 0 bridgehead atoms. The molecular formula is C13H15Cl2NO3S. The molecule has 1 N–H and O–H groups in total. The largest absolute Gasteiger partial charge is 0.481 e. The number of benzene rings is 1. The maximum Gasteiger partial charge on any atom is 0.305 e. The van der Waals surface area contributed by atoms with Crippen LogP contribution in [-0.2, 0) is 9.59 Å². The average molecular weight is 336 g/mol. The Balaban J connectivity index is 2.56. The van der Waals surface area contributed by atoms with Crippen LogP contribution < -0.4 is 0 Å². The first kappa shape index (κ1) is 17.1. The summed E-state index contributed by atoms with van der Waals surface area (Å²) in [7, 11) is 0. The Morgan fingerprint density at radius 1 is 1.35 bits per heavy atom. The first-order chi connectivity index (χ1) is 9.43. The zero-order chi connectivity index (χ0) is 15.1. The molecule has 0 aliphatic carbocycles. The minimum atomic E-state index is -0.915. The van der Waals surface area contributed by atoms with Crippen molar-refractivity contribution in [2.45, 2.75) is 18.2 Å². The normalized spacial score (nSPS) is 10.3. The van der Waals surface area contributed by atoms with Gasteiger partial charge in [-0.25, -0.2) is 0 Å². The van der Waals surface area contributed by atoms with Crippen LogP contribution >= 0.6 is 35.0 Å². The zero-order valence-electron chi connectivity index (χ0n) is 10.9. The van der Waals surface area contributed by atoms with Crippen LogP contribution in [0.15, 0.2) is 23.1 Å². The summed E-state index contributed by atoms with van der Waals surface area (Å²) >= 11 is 13.2. The number of carboxylic acids is 1. The van der Waals surface area contributed by atoms with Crippen molar-refractivity contribution >= 4 is 46.8 Å². The molecule has 0 aromatic heterocycles. The van der Waals surface area contributed by atoms with Gasteiger partial charge in [0, 0.05) is 23.0 Å². The molecule has 0 unspecified atom stereocenters. The van der Waals surface area contributed by atoms with E-state index in [0.717, 1.165) is 4.90 Å². The van der Waals surface area contributed by atoms with E-state index < -0.39 is 5.97 Å². The summed E-state index contributed by atoms with van der Waals surface area (Å²) in [5.74, 6) is -0.829. The number of rotatable bonds is 7. The third kappa shape index (κ3) is 5.61. The summed E-state index contributed by atoms with van der Waals surface area (Å²) in [6.07, 6.45) is -0.0534. The molecule has 7 heteroatoms. The monoisotopic (exact) mass is 335 g/mol. The number of hydrogen-bond acceptors (Lipinski definition) is 3. The van der Waals surface area contributed by atoms with Crippen LogP contribution in [0.3, 0.4) is 0 Å². The summed E-state index contributed by atoms with van der Waals surface area (Å²) in [5.41, 5.74) is 0. The van der Waals surface area contributed by atoms with Gasteiger partial charge in [0.25, 0.3) is 0 Å². The molecule has 0 fully saturated rings. The summed E-state index contributed by atoms with van der Waals surface area (Å²) < 4.78 is 0. The van der Waals surface area contributed by atoms with Crippen molar-refractivity contribution in [3.63, 3.8) is 0 Å². The van der Waals surface area contributed by atoms with Crippen molar-refractivity contribution in [2.24, 2.45) is 0 Å². The van der Waals surface area contributed by atoms with Gasteiger partial charge in [-0.1, -0.05) is 23.2 Å². The lowest BCUT2D eigenvalue weighted by Gasteiger charge is -2.19. The maximum absolute atomic E-state index is 12.0.